The maximum atomic E-state index is 10.6. The van der Waals surface area contributed by atoms with Crippen LogP contribution in [0.15, 0.2) is 0 Å². The Kier molecular flexibility index (Phi) is 4.79. The van der Waals surface area contributed by atoms with Crippen LogP contribution in [-0.4, -0.2) is 42.5 Å². The van der Waals surface area contributed by atoms with Gasteiger partial charge >= 0.3 is 0 Å². The van der Waals surface area contributed by atoms with Crippen LogP contribution in [0, 0.1) is 0 Å². The topological polar surface area (TPSA) is 86.7 Å². The second kappa shape index (κ2) is 5.64. The standard InChI is InChI=1S/C6H14O6S2/c1-13(7,8)11-5-3-4-6-12-14(2,9)10/h3-6H2,1-2H3/i5D. The molecule has 0 saturated heterocycles. The fourth-order valence-corrected chi connectivity index (χ4v) is 1.31. The normalized spacial score (nSPS) is 16.3. The third-order valence-corrected chi connectivity index (χ3v) is 2.09. The molecular weight excluding hydrogens is 232 g/mol. The van der Waals surface area contributed by atoms with E-state index >= 15 is 0 Å². The van der Waals surface area contributed by atoms with Crippen molar-refractivity contribution in [3.05, 3.63) is 0 Å². The van der Waals surface area contributed by atoms with Gasteiger partial charge in [-0.15, -0.1) is 0 Å². The lowest BCUT2D eigenvalue weighted by Crippen LogP contribution is -2.07. The average Bonchev–Trinajstić information content (AvgIpc) is 1.92. The van der Waals surface area contributed by atoms with Crippen LogP contribution in [0.4, 0.5) is 0 Å². The summed E-state index contributed by atoms with van der Waals surface area (Å²) in [6, 6.07) is 0. The highest BCUT2D eigenvalue weighted by molar-refractivity contribution is 7.86. The Bertz CT molecular complexity index is 372. The van der Waals surface area contributed by atoms with Crippen LogP contribution in [-0.2, 0) is 28.6 Å². The highest BCUT2D eigenvalue weighted by Gasteiger charge is 2.02. The Morgan fingerprint density at radius 1 is 1.00 bits per heavy atom. The molecule has 86 valence electrons. The third kappa shape index (κ3) is 11.8. The minimum Gasteiger partial charge on any atom is -0.270 e. The predicted molar refractivity (Wildman–Crippen MR) is 50.8 cm³/mol. The molecule has 0 aromatic carbocycles. The molecule has 0 aliphatic rings. The van der Waals surface area contributed by atoms with Gasteiger partial charge in [0.25, 0.3) is 20.2 Å². The van der Waals surface area contributed by atoms with Crippen LogP contribution in [0.5, 0.6) is 0 Å². The molecule has 0 amide bonds. The van der Waals surface area contributed by atoms with E-state index in [1.807, 2.05) is 0 Å². The van der Waals surface area contributed by atoms with Crippen molar-refractivity contribution in [2.75, 3.05) is 25.7 Å². The first-order valence-electron chi connectivity index (χ1n) is 4.33. The van der Waals surface area contributed by atoms with Crippen molar-refractivity contribution in [2.45, 2.75) is 12.8 Å². The molecule has 6 nitrogen and oxygen atoms in total. The van der Waals surface area contributed by atoms with Crippen LogP contribution in [0.3, 0.4) is 0 Å². The Morgan fingerprint density at radius 3 is 1.93 bits per heavy atom. The molecule has 0 rings (SSSR count). The fourth-order valence-electron chi connectivity index (χ4n) is 0.549. The molecule has 14 heavy (non-hydrogen) atoms. The van der Waals surface area contributed by atoms with E-state index in [4.69, 9.17) is 1.37 Å². The summed E-state index contributed by atoms with van der Waals surface area (Å²) in [4.78, 5) is 0. The van der Waals surface area contributed by atoms with E-state index in [0.29, 0.717) is 0 Å². The molecule has 0 aromatic heterocycles. The van der Waals surface area contributed by atoms with Gasteiger partial charge in [0.1, 0.15) is 0 Å². The molecule has 0 saturated carbocycles. The van der Waals surface area contributed by atoms with Gasteiger partial charge in [-0.2, -0.15) is 16.8 Å². The smallest absolute Gasteiger partial charge is 0.264 e. The summed E-state index contributed by atoms with van der Waals surface area (Å²) in [5.74, 6) is 0. The van der Waals surface area contributed by atoms with E-state index in [1.165, 1.54) is 0 Å². The lowest BCUT2D eigenvalue weighted by Gasteiger charge is -2.01. The van der Waals surface area contributed by atoms with Crippen molar-refractivity contribution in [1.29, 1.82) is 0 Å². The molecule has 8 heteroatoms. The van der Waals surface area contributed by atoms with Crippen molar-refractivity contribution in [1.82, 2.24) is 0 Å². The van der Waals surface area contributed by atoms with Crippen LogP contribution < -0.4 is 0 Å². The molecule has 0 aromatic rings. The Labute approximate surface area is 85.9 Å². The number of hydrogen-bond acceptors (Lipinski definition) is 6. The van der Waals surface area contributed by atoms with Crippen molar-refractivity contribution < 1.29 is 26.6 Å². The van der Waals surface area contributed by atoms with Gasteiger partial charge in [-0.05, 0) is 12.8 Å². The molecule has 1 unspecified atom stereocenters. The Hall–Kier alpha value is -0.180. The van der Waals surface area contributed by atoms with Gasteiger partial charge in [-0.1, -0.05) is 0 Å². The lowest BCUT2D eigenvalue weighted by atomic mass is 10.3. The summed E-state index contributed by atoms with van der Waals surface area (Å²) in [5, 5.41) is 0. The highest BCUT2D eigenvalue weighted by Crippen LogP contribution is 1.96. The summed E-state index contributed by atoms with van der Waals surface area (Å²) >= 11 is 0. The van der Waals surface area contributed by atoms with E-state index in [2.05, 4.69) is 8.37 Å². The van der Waals surface area contributed by atoms with E-state index in [0.717, 1.165) is 12.5 Å². The van der Waals surface area contributed by atoms with Crippen molar-refractivity contribution in [3.8, 4) is 0 Å². The zero-order valence-corrected chi connectivity index (χ0v) is 9.60. The third-order valence-electron chi connectivity index (χ3n) is 1.01. The van der Waals surface area contributed by atoms with Crippen molar-refractivity contribution >= 4 is 20.2 Å². The molecule has 0 N–H and O–H groups in total. The SMILES string of the molecule is [2H]C(CCCOS(C)(=O)=O)OS(C)(=O)=O. The van der Waals surface area contributed by atoms with Gasteiger partial charge in [0.05, 0.1) is 27.1 Å². The largest absolute Gasteiger partial charge is 0.270 e. The fraction of sp³-hybridized carbons (Fsp3) is 1.00. The van der Waals surface area contributed by atoms with E-state index in [9.17, 15) is 16.8 Å². The molecular formula is C6H14O6S2. The quantitative estimate of drug-likeness (QED) is 0.454. The summed E-state index contributed by atoms with van der Waals surface area (Å²) in [7, 11) is -7.11. The minimum absolute atomic E-state index is 0.0820. The van der Waals surface area contributed by atoms with Crippen LogP contribution in [0.1, 0.15) is 14.2 Å². The zero-order valence-electron chi connectivity index (χ0n) is 8.96. The molecule has 0 aliphatic heterocycles. The summed E-state index contributed by atoms with van der Waals surface area (Å²) < 4.78 is 58.0. The summed E-state index contributed by atoms with van der Waals surface area (Å²) in [6.07, 6.45) is 2.08. The zero-order chi connectivity index (χ0) is 12.1. The lowest BCUT2D eigenvalue weighted by molar-refractivity contribution is 0.273. The monoisotopic (exact) mass is 247 g/mol. The van der Waals surface area contributed by atoms with Gasteiger partial charge in [-0.3, -0.25) is 8.37 Å². The summed E-state index contributed by atoms with van der Waals surface area (Å²) in [5.41, 5.74) is 0. The molecule has 0 heterocycles. The number of hydrogen-bond donors (Lipinski definition) is 0. The predicted octanol–water partition coefficient (Wildman–Crippen LogP) is -0.281. The second-order valence-corrected chi connectivity index (χ2v) is 5.88. The van der Waals surface area contributed by atoms with Crippen LogP contribution >= 0.6 is 0 Å². The molecule has 1 atom stereocenters. The Balaban J connectivity index is 3.70. The molecule has 0 radical (unpaired) electrons. The highest BCUT2D eigenvalue weighted by atomic mass is 32.2. The number of rotatable bonds is 7. The first-order valence-corrected chi connectivity index (χ1v) is 7.38. The molecule has 0 bridgehead atoms. The first-order chi connectivity index (χ1) is 6.60. The van der Waals surface area contributed by atoms with Gasteiger partial charge in [-0.25, -0.2) is 0 Å². The van der Waals surface area contributed by atoms with Crippen LogP contribution in [0.25, 0.3) is 0 Å². The van der Waals surface area contributed by atoms with Gasteiger partial charge in [0.15, 0.2) is 0 Å². The van der Waals surface area contributed by atoms with Crippen molar-refractivity contribution in [2.24, 2.45) is 0 Å². The first kappa shape index (κ1) is 11.9. The van der Waals surface area contributed by atoms with E-state index in [1.54, 1.807) is 0 Å². The van der Waals surface area contributed by atoms with Gasteiger partial charge in [0.2, 0.25) is 0 Å². The minimum atomic E-state index is -3.64. The molecule has 0 spiro atoms. The Morgan fingerprint density at radius 2 is 1.50 bits per heavy atom. The average molecular weight is 247 g/mol. The molecule has 0 fully saturated rings. The molecule has 0 aliphatic carbocycles. The second-order valence-electron chi connectivity index (χ2n) is 2.64. The maximum Gasteiger partial charge on any atom is 0.264 e. The van der Waals surface area contributed by atoms with Crippen LogP contribution in [0.2, 0.25) is 0 Å². The van der Waals surface area contributed by atoms with E-state index < -0.39 is 26.8 Å². The van der Waals surface area contributed by atoms with Gasteiger partial charge < -0.3 is 0 Å². The van der Waals surface area contributed by atoms with E-state index in [-0.39, 0.29) is 19.4 Å². The van der Waals surface area contributed by atoms with Crippen molar-refractivity contribution in [3.63, 3.8) is 0 Å². The summed E-state index contributed by atoms with van der Waals surface area (Å²) in [6.45, 7) is -1.30. The van der Waals surface area contributed by atoms with Gasteiger partial charge in [0, 0.05) is 0 Å². The maximum absolute atomic E-state index is 10.6.